The van der Waals surface area contributed by atoms with Crippen LogP contribution in [-0.4, -0.2) is 77.5 Å². The van der Waals surface area contributed by atoms with E-state index in [0.717, 1.165) is 18.4 Å². The van der Waals surface area contributed by atoms with Crippen LogP contribution in [0.4, 0.5) is 0 Å². The molecular formula is C21H28CaO5. The van der Waals surface area contributed by atoms with Crippen LogP contribution >= 0.6 is 0 Å². The summed E-state index contributed by atoms with van der Waals surface area (Å²) in [5.41, 5.74) is -1.86. The molecule has 144 valence electrons. The Bertz CT molecular complexity index is 771. The Morgan fingerprint density at radius 1 is 1.26 bits per heavy atom. The first-order valence-corrected chi connectivity index (χ1v) is 9.51. The molecule has 0 bridgehead atoms. The first-order chi connectivity index (χ1) is 12.2. The van der Waals surface area contributed by atoms with Crippen LogP contribution in [0.1, 0.15) is 46.0 Å². The molecular weight excluding hydrogens is 372 g/mol. The number of Topliss-reactive ketones (excluding diaryl/α,β-unsaturated/α-hetero) is 2. The maximum atomic E-state index is 13.3. The second-order valence-electron chi connectivity index (χ2n) is 9.02. The van der Waals surface area contributed by atoms with Crippen LogP contribution in [-0.2, 0) is 14.4 Å². The van der Waals surface area contributed by atoms with Crippen molar-refractivity contribution >= 4 is 55.1 Å². The normalized spacial score (nSPS) is 45.3. The summed E-state index contributed by atoms with van der Waals surface area (Å²) >= 11 is 0. The average molecular weight is 401 g/mol. The molecule has 0 aromatic heterocycles. The molecule has 0 heterocycles. The van der Waals surface area contributed by atoms with E-state index in [2.05, 4.69) is 0 Å². The molecule has 0 amide bonds. The van der Waals surface area contributed by atoms with Crippen molar-refractivity contribution in [3.8, 4) is 0 Å². The van der Waals surface area contributed by atoms with Gasteiger partial charge in [-0.15, -0.1) is 0 Å². The predicted molar refractivity (Wildman–Crippen MR) is 103 cm³/mol. The first kappa shape index (κ1) is 21.4. The van der Waals surface area contributed by atoms with E-state index in [0.29, 0.717) is 12.8 Å². The van der Waals surface area contributed by atoms with Crippen molar-refractivity contribution in [1.82, 2.24) is 0 Å². The van der Waals surface area contributed by atoms with Crippen LogP contribution in [0, 0.1) is 28.6 Å². The first-order valence-electron chi connectivity index (χ1n) is 9.51. The van der Waals surface area contributed by atoms with E-state index in [1.165, 1.54) is 0 Å². The zero-order valence-electron chi connectivity index (χ0n) is 15.3. The summed E-state index contributed by atoms with van der Waals surface area (Å²) in [6.45, 7) is 3.19. The quantitative estimate of drug-likeness (QED) is 0.671. The standard InChI is InChI=1S/C21H26O5.Ca.2H/c1-19-7-5-13(23)9-12(19)3-4-14-15-6-8-21(26,17(25)11-22)20(15,2)10-16(24)18(14)19;;;/h5,7,9,14-15,18,22,26H,3-4,6,8,10-11H2,1-2H3;;;/t14-,15-,18+,19-,20-,21-;;;/m0.../s1. The van der Waals surface area contributed by atoms with Gasteiger partial charge >= 0.3 is 37.7 Å². The van der Waals surface area contributed by atoms with Crippen LogP contribution in [0.15, 0.2) is 23.8 Å². The number of carbonyl (C=O) groups is 3. The zero-order chi connectivity index (χ0) is 18.9. The molecule has 27 heavy (non-hydrogen) atoms. The Morgan fingerprint density at radius 2 is 1.96 bits per heavy atom. The third kappa shape index (κ3) is 2.72. The summed E-state index contributed by atoms with van der Waals surface area (Å²) in [5, 5.41) is 20.5. The van der Waals surface area contributed by atoms with E-state index >= 15 is 0 Å². The number of hydrogen-bond acceptors (Lipinski definition) is 5. The molecule has 0 aliphatic heterocycles. The molecule has 0 saturated heterocycles. The van der Waals surface area contributed by atoms with E-state index < -0.39 is 28.8 Å². The summed E-state index contributed by atoms with van der Waals surface area (Å²) < 4.78 is 0. The zero-order valence-corrected chi connectivity index (χ0v) is 15.3. The Balaban J connectivity index is 0.00000210. The summed E-state index contributed by atoms with van der Waals surface area (Å²) in [6, 6.07) is 0. The minimum absolute atomic E-state index is 0. The number of fused-ring (bicyclic) bond motifs is 5. The summed E-state index contributed by atoms with van der Waals surface area (Å²) in [4.78, 5) is 37.4. The number of aliphatic hydroxyl groups excluding tert-OH is 1. The fourth-order valence-electron chi connectivity index (χ4n) is 6.62. The van der Waals surface area contributed by atoms with Crippen LogP contribution < -0.4 is 0 Å². The maximum absolute atomic E-state index is 13.3. The fourth-order valence-corrected chi connectivity index (χ4v) is 6.62. The Morgan fingerprint density at radius 3 is 2.63 bits per heavy atom. The molecule has 0 aromatic rings. The summed E-state index contributed by atoms with van der Waals surface area (Å²) in [7, 11) is 0. The second-order valence-corrected chi connectivity index (χ2v) is 9.02. The van der Waals surface area contributed by atoms with Gasteiger partial charge in [0.15, 0.2) is 11.6 Å². The predicted octanol–water partition coefficient (Wildman–Crippen LogP) is 0.850. The number of ketones is 3. The van der Waals surface area contributed by atoms with Gasteiger partial charge in [-0.2, -0.15) is 0 Å². The number of carbonyl (C=O) groups excluding carboxylic acids is 3. The van der Waals surface area contributed by atoms with Gasteiger partial charge in [-0.3, -0.25) is 14.4 Å². The molecule has 3 saturated carbocycles. The molecule has 4 aliphatic rings. The molecule has 4 rings (SSSR count). The van der Waals surface area contributed by atoms with Gasteiger partial charge in [0.25, 0.3) is 0 Å². The SMILES string of the molecule is C[C@]12C=CC(=O)C=C1CC[C@@H]1[C@@H]2C(=O)C[C@@]2(C)[C@H]1CC[C@]2(O)C(=O)CO.[CaH2]. The van der Waals surface area contributed by atoms with Crippen LogP contribution in [0.5, 0.6) is 0 Å². The second kappa shape index (κ2) is 6.87. The van der Waals surface area contributed by atoms with Gasteiger partial charge in [-0.05, 0) is 49.7 Å². The van der Waals surface area contributed by atoms with Crippen LogP contribution in [0.25, 0.3) is 0 Å². The van der Waals surface area contributed by atoms with Crippen LogP contribution in [0.2, 0.25) is 0 Å². The minimum atomic E-state index is -1.62. The Labute approximate surface area is 189 Å². The number of hydrogen-bond donors (Lipinski definition) is 2. The van der Waals surface area contributed by atoms with Crippen molar-refractivity contribution in [1.29, 1.82) is 0 Å². The molecule has 6 atom stereocenters. The van der Waals surface area contributed by atoms with Gasteiger partial charge in [0.05, 0.1) is 0 Å². The summed E-state index contributed by atoms with van der Waals surface area (Å²) in [5.74, 6) is -0.590. The molecule has 0 aromatic carbocycles. The van der Waals surface area contributed by atoms with E-state index in [1.807, 2.05) is 19.9 Å². The number of rotatable bonds is 2. The van der Waals surface area contributed by atoms with Crippen molar-refractivity contribution in [2.45, 2.75) is 51.6 Å². The van der Waals surface area contributed by atoms with Crippen LogP contribution in [0.3, 0.4) is 0 Å². The van der Waals surface area contributed by atoms with Crippen molar-refractivity contribution in [3.05, 3.63) is 23.8 Å². The Hall–Kier alpha value is -0.330. The molecule has 6 heteroatoms. The van der Waals surface area contributed by atoms with E-state index in [1.54, 1.807) is 12.2 Å². The topological polar surface area (TPSA) is 91.7 Å². The van der Waals surface area contributed by atoms with E-state index in [9.17, 15) is 24.6 Å². The van der Waals surface area contributed by atoms with Gasteiger partial charge in [-0.1, -0.05) is 25.5 Å². The van der Waals surface area contributed by atoms with Crippen molar-refractivity contribution in [3.63, 3.8) is 0 Å². The number of aliphatic hydroxyl groups is 2. The fraction of sp³-hybridized carbons (Fsp3) is 0.667. The number of allylic oxidation sites excluding steroid dienone is 4. The van der Waals surface area contributed by atoms with Gasteiger partial charge in [0, 0.05) is 23.2 Å². The monoisotopic (exact) mass is 400 g/mol. The van der Waals surface area contributed by atoms with E-state index in [-0.39, 0.29) is 73.5 Å². The Kier molecular flexibility index (Phi) is 5.44. The molecule has 4 aliphatic carbocycles. The van der Waals surface area contributed by atoms with Crippen molar-refractivity contribution < 1.29 is 24.6 Å². The van der Waals surface area contributed by atoms with Crippen molar-refractivity contribution in [2.75, 3.05) is 6.61 Å². The van der Waals surface area contributed by atoms with Gasteiger partial charge < -0.3 is 10.2 Å². The molecule has 0 unspecified atom stereocenters. The average Bonchev–Trinajstić information content (AvgIpc) is 2.86. The van der Waals surface area contributed by atoms with Gasteiger partial charge in [0.1, 0.15) is 18.0 Å². The van der Waals surface area contributed by atoms with E-state index in [4.69, 9.17) is 0 Å². The molecule has 0 radical (unpaired) electrons. The molecule has 3 fully saturated rings. The van der Waals surface area contributed by atoms with Crippen molar-refractivity contribution in [2.24, 2.45) is 28.6 Å². The third-order valence-electron chi connectivity index (χ3n) is 8.01. The van der Waals surface area contributed by atoms with Gasteiger partial charge in [0.2, 0.25) is 0 Å². The summed E-state index contributed by atoms with van der Waals surface area (Å²) in [6.07, 6.45) is 7.82. The molecule has 5 nitrogen and oxygen atoms in total. The molecule has 0 spiro atoms. The van der Waals surface area contributed by atoms with Gasteiger partial charge in [-0.25, -0.2) is 0 Å². The third-order valence-corrected chi connectivity index (χ3v) is 8.01. The molecule has 2 N–H and O–H groups in total.